The second-order valence-corrected chi connectivity index (χ2v) is 6.53. The van der Waals surface area contributed by atoms with Gasteiger partial charge in [-0.05, 0) is 49.3 Å². The van der Waals surface area contributed by atoms with Crippen LogP contribution < -0.4 is 0 Å². The summed E-state index contributed by atoms with van der Waals surface area (Å²) < 4.78 is 0. The minimum Gasteiger partial charge on any atom is -0.478 e. The molecule has 0 aromatic heterocycles. The van der Waals surface area contributed by atoms with Crippen LogP contribution in [0.2, 0.25) is 0 Å². The average Bonchev–Trinajstić information content (AvgIpc) is 2.94. The van der Waals surface area contributed by atoms with E-state index in [-0.39, 0.29) is 11.5 Å². The molecule has 0 bridgehead atoms. The van der Waals surface area contributed by atoms with Gasteiger partial charge in [0.15, 0.2) is 0 Å². The van der Waals surface area contributed by atoms with E-state index < -0.39 is 5.97 Å². The fourth-order valence-corrected chi connectivity index (χ4v) is 3.03. The normalized spacial score (nSPS) is 18.0. The molecule has 1 amide bonds. The van der Waals surface area contributed by atoms with Crippen LogP contribution in [0.3, 0.4) is 0 Å². The van der Waals surface area contributed by atoms with Gasteiger partial charge in [-0.3, -0.25) is 4.79 Å². The smallest absolute Gasteiger partial charge is 0.335 e. The number of hydrogen-bond acceptors (Lipinski definition) is 2. The van der Waals surface area contributed by atoms with Gasteiger partial charge in [0.1, 0.15) is 0 Å². The molecule has 4 nitrogen and oxygen atoms in total. The molecule has 1 unspecified atom stereocenters. The van der Waals surface area contributed by atoms with Gasteiger partial charge in [0.05, 0.1) is 12.0 Å². The van der Waals surface area contributed by atoms with Gasteiger partial charge < -0.3 is 10.0 Å². The van der Waals surface area contributed by atoms with Gasteiger partial charge in [-0.15, -0.1) is 0 Å². The van der Waals surface area contributed by atoms with Crippen molar-refractivity contribution in [2.75, 3.05) is 6.54 Å². The summed E-state index contributed by atoms with van der Waals surface area (Å²) >= 11 is 0. The highest BCUT2D eigenvalue weighted by Gasteiger charge is 2.28. The van der Waals surface area contributed by atoms with Crippen LogP contribution in [0.15, 0.2) is 24.3 Å². The fourth-order valence-electron chi connectivity index (χ4n) is 3.03. The van der Waals surface area contributed by atoms with Crippen LogP contribution in [0.25, 0.3) is 0 Å². The predicted octanol–water partition coefficient (Wildman–Crippen LogP) is 3.35. The Labute approximate surface area is 132 Å². The highest BCUT2D eigenvalue weighted by atomic mass is 16.4. The Hall–Kier alpha value is -1.84. The summed E-state index contributed by atoms with van der Waals surface area (Å²) in [5.41, 5.74) is 1.14. The zero-order valence-electron chi connectivity index (χ0n) is 13.4. The van der Waals surface area contributed by atoms with Gasteiger partial charge in [0.25, 0.3) is 0 Å². The Balaban J connectivity index is 1.94. The van der Waals surface area contributed by atoms with E-state index in [1.165, 1.54) is 0 Å². The van der Waals surface area contributed by atoms with Crippen LogP contribution in [0, 0.1) is 5.92 Å². The molecule has 4 heteroatoms. The van der Waals surface area contributed by atoms with E-state index in [1.807, 2.05) is 4.90 Å². The van der Waals surface area contributed by atoms with Gasteiger partial charge in [0, 0.05) is 12.6 Å². The van der Waals surface area contributed by atoms with Crippen molar-refractivity contribution in [3.8, 4) is 0 Å². The highest BCUT2D eigenvalue weighted by Crippen LogP contribution is 2.24. The molecule has 2 rings (SSSR count). The number of aromatic carboxylic acids is 1. The standard InChI is InChI=1S/C18H25NO3/c1-13(2)5-10-16-4-3-11-19(16)17(20)12-14-6-8-15(9-7-14)18(21)22/h6-9,13,16H,3-5,10-12H2,1-2H3,(H,21,22). The lowest BCUT2D eigenvalue weighted by Crippen LogP contribution is -2.36. The van der Waals surface area contributed by atoms with Crippen LogP contribution in [-0.4, -0.2) is 34.5 Å². The van der Waals surface area contributed by atoms with Crippen molar-refractivity contribution >= 4 is 11.9 Å². The first kappa shape index (κ1) is 16.5. The van der Waals surface area contributed by atoms with Crippen molar-refractivity contribution in [2.45, 2.75) is 52.0 Å². The molecule has 1 heterocycles. The zero-order valence-corrected chi connectivity index (χ0v) is 13.4. The molecule has 1 aliphatic rings. The third-order valence-corrected chi connectivity index (χ3v) is 4.33. The third-order valence-electron chi connectivity index (χ3n) is 4.33. The largest absolute Gasteiger partial charge is 0.478 e. The maximum Gasteiger partial charge on any atom is 0.335 e. The number of carboxylic acids is 1. The molecule has 1 atom stereocenters. The summed E-state index contributed by atoms with van der Waals surface area (Å²) in [5.74, 6) is -0.110. The number of carbonyl (C=O) groups is 2. The quantitative estimate of drug-likeness (QED) is 0.876. The molecule has 22 heavy (non-hydrogen) atoms. The average molecular weight is 303 g/mol. The number of amides is 1. The molecule has 1 aromatic rings. The van der Waals surface area contributed by atoms with Gasteiger partial charge in [-0.1, -0.05) is 26.0 Å². The van der Waals surface area contributed by atoms with E-state index in [0.29, 0.717) is 18.4 Å². The number of rotatable bonds is 6. The number of carboxylic acid groups (broad SMARTS) is 1. The monoisotopic (exact) mass is 303 g/mol. The second-order valence-electron chi connectivity index (χ2n) is 6.53. The predicted molar refractivity (Wildman–Crippen MR) is 85.9 cm³/mol. The molecular formula is C18H25NO3. The highest BCUT2D eigenvalue weighted by molar-refractivity contribution is 5.87. The van der Waals surface area contributed by atoms with Crippen molar-refractivity contribution in [1.29, 1.82) is 0 Å². The number of benzene rings is 1. The molecule has 1 fully saturated rings. The molecule has 0 saturated carbocycles. The Morgan fingerprint density at radius 3 is 2.55 bits per heavy atom. The molecule has 120 valence electrons. The zero-order chi connectivity index (χ0) is 16.1. The van der Waals surface area contributed by atoms with E-state index in [1.54, 1.807) is 24.3 Å². The Morgan fingerprint density at radius 2 is 1.95 bits per heavy atom. The molecule has 1 aromatic carbocycles. The fraction of sp³-hybridized carbons (Fsp3) is 0.556. The van der Waals surface area contributed by atoms with E-state index in [2.05, 4.69) is 13.8 Å². The van der Waals surface area contributed by atoms with Gasteiger partial charge in [0.2, 0.25) is 5.91 Å². The van der Waals surface area contributed by atoms with Crippen LogP contribution in [0.5, 0.6) is 0 Å². The summed E-state index contributed by atoms with van der Waals surface area (Å²) in [5, 5.41) is 8.89. The first-order valence-corrected chi connectivity index (χ1v) is 8.09. The van der Waals surface area contributed by atoms with Gasteiger partial charge >= 0.3 is 5.97 Å². The molecule has 0 radical (unpaired) electrons. The van der Waals surface area contributed by atoms with Crippen molar-refractivity contribution in [3.05, 3.63) is 35.4 Å². The van der Waals surface area contributed by atoms with E-state index in [9.17, 15) is 9.59 Å². The van der Waals surface area contributed by atoms with E-state index in [0.717, 1.165) is 37.8 Å². The van der Waals surface area contributed by atoms with Crippen LogP contribution in [0.1, 0.15) is 55.5 Å². The van der Waals surface area contributed by atoms with Gasteiger partial charge in [-0.2, -0.15) is 0 Å². The maximum atomic E-state index is 12.5. The van der Waals surface area contributed by atoms with Gasteiger partial charge in [-0.25, -0.2) is 4.79 Å². The number of likely N-dealkylation sites (tertiary alicyclic amines) is 1. The van der Waals surface area contributed by atoms with Crippen molar-refractivity contribution in [3.63, 3.8) is 0 Å². The van der Waals surface area contributed by atoms with Crippen LogP contribution in [-0.2, 0) is 11.2 Å². The minimum atomic E-state index is -0.939. The van der Waals surface area contributed by atoms with Crippen molar-refractivity contribution in [2.24, 2.45) is 5.92 Å². The SMILES string of the molecule is CC(C)CCC1CCCN1C(=O)Cc1ccc(C(=O)O)cc1. The summed E-state index contributed by atoms with van der Waals surface area (Å²) in [7, 11) is 0. The Kier molecular flexibility index (Phi) is 5.58. The topological polar surface area (TPSA) is 57.6 Å². The molecule has 1 aliphatic heterocycles. The summed E-state index contributed by atoms with van der Waals surface area (Å²) in [4.78, 5) is 25.4. The summed E-state index contributed by atoms with van der Waals surface area (Å²) in [6, 6.07) is 6.98. The molecule has 1 saturated heterocycles. The minimum absolute atomic E-state index is 0.161. The van der Waals surface area contributed by atoms with E-state index >= 15 is 0 Å². The third kappa shape index (κ3) is 4.33. The first-order valence-electron chi connectivity index (χ1n) is 8.09. The number of hydrogen-bond donors (Lipinski definition) is 1. The number of carbonyl (C=O) groups excluding carboxylic acids is 1. The lowest BCUT2D eigenvalue weighted by Gasteiger charge is -2.25. The first-order chi connectivity index (χ1) is 10.5. The van der Waals surface area contributed by atoms with Crippen LogP contribution in [0.4, 0.5) is 0 Å². The Bertz CT molecular complexity index is 522. The molecular weight excluding hydrogens is 278 g/mol. The van der Waals surface area contributed by atoms with E-state index in [4.69, 9.17) is 5.11 Å². The summed E-state index contributed by atoms with van der Waals surface area (Å²) in [6.45, 7) is 5.28. The van der Waals surface area contributed by atoms with Crippen molar-refractivity contribution in [1.82, 2.24) is 4.90 Å². The lowest BCUT2D eigenvalue weighted by atomic mass is 10.0. The number of nitrogens with zero attached hydrogens (tertiary/aromatic N) is 1. The second kappa shape index (κ2) is 7.43. The maximum absolute atomic E-state index is 12.5. The molecule has 0 aliphatic carbocycles. The Morgan fingerprint density at radius 1 is 1.27 bits per heavy atom. The molecule has 1 N–H and O–H groups in total. The van der Waals surface area contributed by atoms with Crippen molar-refractivity contribution < 1.29 is 14.7 Å². The summed E-state index contributed by atoms with van der Waals surface area (Å²) in [6.07, 6.45) is 4.80. The molecule has 0 spiro atoms. The lowest BCUT2D eigenvalue weighted by molar-refractivity contribution is -0.131. The van der Waals surface area contributed by atoms with Crippen LogP contribution >= 0.6 is 0 Å².